The van der Waals surface area contributed by atoms with Crippen molar-refractivity contribution in [2.45, 2.75) is 0 Å². The van der Waals surface area contributed by atoms with E-state index in [1.165, 1.54) is 23.9 Å². The van der Waals surface area contributed by atoms with Crippen LogP contribution >= 0.6 is 23.9 Å². The first kappa shape index (κ1) is 8.04. The quantitative estimate of drug-likeness (QED) is 0.449. The van der Waals surface area contributed by atoms with Crippen molar-refractivity contribution < 1.29 is 0 Å². The molecule has 0 unspecified atom stereocenters. The molecule has 2 nitrogen and oxygen atoms in total. The summed E-state index contributed by atoms with van der Waals surface area (Å²) < 4.78 is 7.68. The van der Waals surface area contributed by atoms with Crippen LogP contribution < -0.4 is 0 Å². The molecule has 0 aromatic carbocycles. The van der Waals surface area contributed by atoms with Gasteiger partial charge in [-0.05, 0) is 23.9 Å². The van der Waals surface area contributed by atoms with Crippen LogP contribution in [0.2, 0.25) is 0 Å². The second kappa shape index (κ2) is 7.04. The molecule has 0 heterocycles. The van der Waals surface area contributed by atoms with Gasteiger partial charge >= 0.3 is 0 Å². The summed E-state index contributed by atoms with van der Waals surface area (Å²) in [6.45, 7) is 0. The Morgan fingerprint density at radius 3 is 1.62 bits per heavy atom. The van der Waals surface area contributed by atoms with E-state index in [2.05, 4.69) is 8.80 Å². The van der Waals surface area contributed by atoms with E-state index in [0.717, 1.165) is 0 Å². The maximum Gasteiger partial charge on any atom is 0.0541 e. The zero-order valence-electron chi connectivity index (χ0n) is 4.87. The van der Waals surface area contributed by atoms with Crippen LogP contribution in [0.4, 0.5) is 0 Å². The van der Waals surface area contributed by atoms with Gasteiger partial charge in [-0.3, -0.25) is 0 Å². The molecule has 0 amide bonds. The molecule has 0 aliphatic heterocycles. The minimum absolute atomic E-state index is 1.42. The first-order valence-electron chi connectivity index (χ1n) is 2.03. The average molecular weight is 148 g/mol. The van der Waals surface area contributed by atoms with Crippen molar-refractivity contribution in [2.75, 3.05) is 12.5 Å². The van der Waals surface area contributed by atoms with Crippen molar-refractivity contribution in [3.05, 3.63) is 0 Å². The molecular weight excluding hydrogens is 140 g/mol. The van der Waals surface area contributed by atoms with Crippen LogP contribution in [-0.4, -0.2) is 24.9 Å². The molecule has 0 aliphatic rings. The van der Waals surface area contributed by atoms with E-state index in [9.17, 15) is 0 Å². The van der Waals surface area contributed by atoms with E-state index in [4.69, 9.17) is 0 Å². The normalized spacial score (nSPS) is 11.8. The van der Waals surface area contributed by atoms with Gasteiger partial charge in [0.25, 0.3) is 0 Å². The molecule has 8 heavy (non-hydrogen) atoms. The third-order valence-corrected chi connectivity index (χ3v) is 1.06. The molecular formula is C4H8N2S2. The molecule has 0 saturated heterocycles. The summed E-state index contributed by atoms with van der Waals surface area (Å²) in [5.74, 6) is 0. The van der Waals surface area contributed by atoms with Crippen molar-refractivity contribution in [1.29, 1.82) is 0 Å². The summed E-state index contributed by atoms with van der Waals surface area (Å²) in [5, 5.41) is 0. The van der Waals surface area contributed by atoms with Crippen LogP contribution in [0.15, 0.2) is 8.80 Å². The standard InChI is InChI=1S/C4H8N2S2/c1-7-5-3-4-6-8-2/h3-4H,1-2H3. The summed E-state index contributed by atoms with van der Waals surface area (Å²) >= 11 is 2.84. The van der Waals surface area contributed by atoms with Gasteiger partial charge in [-0.15, -0.1) is 0 Å². The van der Waals surface area contributed by atoms with Gasteiger partial charge in [0, 0.05) is 12.5 Å². The number of nitrogens with zero attached hydrogens (tertiary/aromatic N) is 2. The van der Waals surface area contributed by atoms with Crippen LogP contribution in [0.25, 0.3) is 0 Å². The molecule has 0 rings (SSSR count). The third-order valence-electron chi connectivity index (χ3n) is 0.399. The second-order valence-electron chi connectivity index (χ2n) is 0.874. The molecule has 46 valence electrons. The first-order chi connectivity index (χ1) is 3.91. The third kappa shape index (κ3) is 6.04. The lowest BCUT2D eigenvalue weighted by atomic mass is 10.9. The summed E-state index contributed by atoms with van der Waals surface area (Å²) in [6.07, 6.45) is 7.15. The van der Waals surface area contributed by atoms with E-state index in [0.29, 0.717) is 0 Å². The van der Waals surface area contributed by atoms with Crippen molar-refractivity contribution in [2.24, 2.45) is 8.80 Å². The molecule has 0 fully saturated rings. The van der Waals surface area contributed by atoms with Gasteiger partial charge in [0.2, 0.25) is 0 Å². The highest BCUT2D eigenvalue weighted by Gasteiger charge is 1.63. The highest BCUT2D eigenvalue weighted by atomic mass is 32.2. The average Bonchev–Trinajstić information content (AvgIpc) is 1.81. The minimum atomic E-state index is 1.42. The maximum atomic E-state index is 3.84. The van der Waals surface area contributed by atoms with E-state index in [1.54, 1.807) is 12.4 Å². The number of hydrogen-bond donors (Lipinski definition) is 0. The van der Waals surface area contributed by atoms with Crippen molar-refractivity contribution in [3.63, 3.8) is 0 Å². The first-order valence-corrected chi connectivity index (χ1v) is 4.39. The van der Waals surface area contributed by atoms with Crippen molar-refractivity contribution in [3.8, 4) is 0 Å². The predicted molar refractivity (Wildman–Crippen MR) is 44.0 cm³/mol. The summed E-state index contributed by atoms with van der Waals surface area (Å²) in [7, 11) is 0. The molecule has 0 aliphatic carbocycles. The van der Waals surface area contributed by atoms with E-state index < -0.39 is 0 Å². The number of hydrogen-bond acceptors (Lipinski definition) is 4. The fourth-order valence-electron chi connectivity index (χ4n) is 0.176. The second-order valence-corrected chi connectivity index (χ2v) is 2.03. The highest BCUT2D eigenvalue weighted by molar-refractivity contribution is 7.97. The van der Waals surface area contributed by atoms with Crippen LogP contribution in [0, 0.1) is 0 Å². The Hall–Kier alpha value is 0.0400. The molecule has 0 spiro atoms. The van der Waals surface area contributed by atoms with Crippen LogP contribution in [0.1, 0.15) is 0 Å². The maximum absolute atomic E-state index is 3.84. The lowest BCUT2D eigenvalue weighted by Crippen LogP contribution is -1.68. The van der Waals surface area contributed by atoms with Crippen LogP contribution in [0.3, 0.4) is 0 Å². The van der Waals surface area contributed by atoms with E-state index in [1.807, 2.05) is 12.5 Å². The van der Waals surface area contributed by atoms with E-state index in [-0.39, 0.29) is 0 Å². The fourth-order valence-corrected chi connectivity index (χ4v) is 0.528. The SMILES string of the molecule is CSN=CC=NSC. The van der Waals surface area contributed by atoms with Gasteiger partial charge in [-0.1, -0.05) is 0 Å². The van der Waals surface area contributed by atoms with Gasteiger partial charge in [0.1, 0.15) is 0 Å². The Balaban J connectivity index is 3.13. The monoisotopic (exact) mass is 148 g/mol. The van der Waals surface area contributed by atoms with E-state index >= 15 is 0 Å². The van der Waals surface area contributed by atoms with Gasteiger partial charge in [0.05, 0.1) is 12.4 Å². The van der Waals surface area contributed by atoms with Crippen molar-refractivity contribution in [1.82, 2.24) is 0 Å². The molecule has 0 atom stereocenters. The van der Waals surface area contributed by atoms with Gasteiger partial charge in [-0.2, -0.15) is 0 Å². The van der Waals surface area contributed by atoms with Crippen molar-refractivity contribution >= 4 is 36.3 Å². The van der Waals surface area contributed by atoms with Gasteiger partial charge in [0.15, 0.2) is 0 Å². The molecule has 0 bridgehead atoms. The largest absolute Gasteiger partial charge is 0.223 e. The fraction of sp³-hybridized carbons (Fsp3) is 0.500. The Kier molecular flexibility index (Phi) is 7.08. The van der Waals surface area contributed by atoms with Crippen LogP contribution in [-0.2, 0) is 0 Å². The van der Waals surface area contributed by atoms with Gasteiger partial charge in [-0.25, -0.2) is 8.80 Å². The Bertz CT molecular complexity index is 78.0. The molecule has 4 heteroatoms. The Morgan fingerprint density at radius 1 is 1.00 bits per heavy atom. The molecule has 0 N–H and O–H groups in total. The minimum Gasteiger partial charge on any atom is -0.223 e. The lowest BCUT2D eigenvalue weighted by Gasteiger charge is -1.74. The summed E-state index contributed by atoms with van der Waals surface area (Å²) in [6, 6.07) is 0. The molecule has 0 aromatic rings. The Labute approximate surface area is 58.1 Å². The predicted octanol–water partition coefficient (Wildman–Crippen LogP) is 1.68. The zero-order chi connectivity index (χ0) is 6.24. The zero-order valence-corrected chi connectivity index (χ0v) is 6.50. The summed E-state index contributed by atoms with van der Waals surface area (Å²) in [4.78, 5) is 0. The lowest BCUT2D eigenvalue weighted by molar-refractivity contribution is 1.96. The smallest absolute Gasteiger partial charge is 0.0541 e. The molecule has 0 radical (unpaired) electrons. The Morgan fingerprint density at radius 2 is 1.38 bits per heavy atom. The van der Waals surface area contributed by atoms with Gasteiger partial charge < -0.3 is 0 Å². The molecule has 0 aromatic heterocycles. The summed E-state index contributed by atoms with van der Waals surface area (Å²) in [5.41, 5.74) is 0. The van der Waals surface area contributed by atoms with Crippen LogP contribution in [0.5, 0.6) is 0 Å². The number of rotatable bonds is 3. The molecule has 0 saturated carbocycles. The highest BCUT2D eigenvalue weighted by Crippen LogP contribution is 1.90. The topological polar surface area (TPSA) is 24.7 Å².